The third-order valence-electron chi connectivity index (χ3n) is 4.49. The van der Waals surface area contributed by atoms with Crippen molar-refractivity contribution in [3.63, 3.8) is 0 Å². The molecular formula is C18H28N3O2+. The fourth-order valence-electron chi connectivity index (χ4n) is 2.96. The summed E-state index contributed by atoms with van der Waals surface area (Å²) in [5.41, 5.74) is 2.99. The van der Waals surface area contributed by atoms with Crippen LogP contribution in [0, 0.1) is 13.8 Å². The topological polar surface area (TPSA) is 62.6 Å². The molecule has 3 N–H and O–H groups in total. The van der Waals surface area contributed by atoms with Crippen LogP contribution >= 0.6 is 0 Å². The Morgan fingerprint density at radius 2 is 1.65 bits per heavy atom. The Balaban J connectivity index is 1.79. The number of anilines is 1. The van der Waals surface area contributed by atoms with Gasteiger partial charge in [0, 0.05) is 5.69 Å². The molecule has 1 aliphatic rings. The molecular weight excluding hydrogens is 290 g/mol. The fraction of sp³-hybridized carbons (Fsp3) is 0.556. The van der Waals surface area contributed by atoms with E-state index >= 15 is 0 Å². The van der Waals surface area contributed by atoms with Crippen LogP contribution in [0.2, 0.25) is 0 Å². The predicted octanol–water partition coefficient (Wildman–Crippen LogP) is 1.80. The Morgan fingerprint density at radius 3 is 2.30 bits per heavy atom. The number of carbonyl (C=O) groups is 2. The number of urea groups is 1. The molecule has 126 valence electrons. The van der Waals surface area contributed by atoms with Crippen molar-refractivity contribution < 1.29 is 14.5 Å². The van der Waals surface area contributed by atoms with Crippen LogP contribution < -0.4 is 15.5 Å². The van der Waals surface area contributed by atoms with Crippen LogP contribution in [0.25, 0.3) is 0 Å². The third-order valence-corrected chi connectivity index (χ3v) is 4.49. The van der Waals surface area contributed by atoms with E-state index in [2.05, 4.69) is 10.6 Å². The van der Waals surface area contributed by atoms with Crippen molar-refractivity contribution in [2.24, 2.45) is 0 Å². The summed E-state index contributed by atoms with van der Waals surface area (Å²) in [5.74, 6) is -0.207. The Bertz CT molecular complexity index is 549. The van der Waals surface area contributed by atoms with Crippen molar-refractivity contribution in [2.45, 2.75) is 46.0 Å². The lowest BCUT2D eigenvalue weighted by molar-refractivity contribution is -0.893. The van der Waals surface area contributed by atoms with E-state index in [1.165, 1.54) is 29.7 Å². The molecule has 0 aromatic heterocycles. The molecule has 0 unspecified atom stereocenters. The van der Waals surface area contributed by atoms with Gasteiger partial charge in [0.15, 0.2) is 6.54 Å². The smallest absolute Gasteiger partial charge is 0.326 e. The predicted molar refractivity (Wildman–Crippen MR) is 91.7 cm³/mol. The average Bonchev–Trinajstić information content (AvgIpc) is 2.45. The standard InChI is InChI=1S/C18H27N3O2/c1-14-8-9-16(12-15(14)2)19-18(23)20-17(22)13-21-10-6-4-3-5-7-11-21/h8-9,12H,3-7,10-11,13H2,1-2H3,(H2,19,20,22,23)/p+1. The van der Waals surface area contributed by atoms with E-state index < -0.39 is 6.03 Å². The highest BCUT2D eigenvalue weighted by atomic mass is 16.2. The van der Waals surface area contributed by atoms with E-state index in [1.54, 1.807) is 0 Å². The lowest BCUT2D eigenvalue weighted by Gasteiger charge is -2.21. The Labute approximate surface area is 138 Å². The first kappa shape index (κ1) is 17.5. The van der Waals surface area contributed by atoms with E-state index in [1.807, 2.05) is 32.0 Å². The summed E-state index contributed by atoms with van der Waals surface area (Å²) in [4.78, 5) is 25.2. The number of benzene rings is 1. The second-order valence-electron chi connectivity index (χ2n) is 6.50. The average molecular weight is 318 g/mol. The molecule has 1 fully saturated rings. The number of carbonyl (C=O) groups excluding carboxylic acids is 2. The van der Waals surface area contributed by atoms with E-state index in [4.69, 9.17) is 0 Å². The SMILES string of the molecule is Cc1ccc(NC(=O)NC(=O)C[NH+]2CCCCCCC2)cc1C. The minimum atomic E-state index is -0.454. The Kier molecular flexibility index (Phi) is 6.59. The summed E-state index contributed by atoms with van der Waals surface area (Å²) >= 11 is 0. The highest BCUT2D eigenvalue weighted by molar-refractivity contribution is 6.01. The number of rotatable bonds is 3. The van der Waals surface area contributed by atoms with Gasteiger partial charge >= 0.3 is 6.03 Å². The highest BCUT2D eigenvalue weighted by Crippen LogP contribution is 2.13. The van der Waals surface area contributed by atoms with Crippen molar-refractivity contribution in [2.75, 3.05) is 25.0 Å². The summed E-state index contributed by atoms with van der Waals surface area (Å²) in [6, 6.07) is 5.25. The van der Waals surface area contributed by atoms with Crippen molar-refractivity contribution in [1.82, 2.24) is 5.32 Å². The number of nitrogens with one attached hydrogen (secondary N) is 3. The van der Waals surface area contributed by atoms with Crippen LogP contribution in [0.1, 0.15) is 43.2 Å². The summed E-state index contributed by atoms with van der Waals surface area (Å²) in [7, 11) is 0. The molecule has 1 heterocycles. The highest BCUT2D eigenvalue weighted by Gasteiger charge is 2.17. The van der Waals surface area contributed by atoms with Crippen molar-refractivity contribution in [3.8, 4) is 0 Å². The second-order valence-corrected chi connectivity index (χ2v) is 6.50. The first-order chi connectivity index (χ1) is 11.0. The lowest BCUT2D eigenvalue weighted by atomic mass is 10.1. The third kappa shape index (κ3) is 6.02. The van der Waals surface area contributed by atoms with Crippen LogP contribution in [-0.4, -0.2) is 31.6 Å². The maximum absolute atomic E-state index is 12.0. The summed E-state index contributed by atoms with van der Waals surface area (Å²) in [6.45, 7) is 6.43. The van der Waals surface area contributed by atoms with Gasteiger partial charge in [-0.05, 0) is 62.8 Å². The van der Waals surface area contributed by atoms with E-state index in [-0.39, 0.29) is 5.91 Å². The zero-order chi connectivity index (χ0) is 16.7. The molecule has 1 aromatic carbocycles. The Morgan fingerprint density at radius 1 is 1.00 bits per heavy atom. The molecule has 1 aliphatic heterocycles. The number of amides is 3. The van der Waals surface area contributed by atoms with Gasteiger partial charge in [-0.3, -0.25) is 10.1 Å². The van der Waals surface area contributed by atoms with E-state index in [9.17, 15) is 9.59 Å². The van der Waals surface area contributed by atoms with Gasteiger partial charge in [0.1, 0.15) is 0 Å². The van der Waals surface area contributed by atoms with Crippen molar-refractivity contribution in [1.29, 1.82) is 0 Å². The second kappa shape index (κ2) is 8.67. The van der Waals surface area contributed by atoms with Gasteiger partial charge in [-0.25, -0.2) is 4.79 Å². The number of imide groups is 1. The summed E-state index contributed by atoms with van der Waals surface area (Å²) < 4.78 is 0. The minimum absolute atomic E-state index is 0.207. The monoisotopic (exact) mass is 318 g/mol. The summed E-state index contributed by atoms with van der Waals surface area (Å²) in [5, 5.41) is 5.16. The van der Waals surface area contributed by atoms with Gasteiger partial charge in [-0.2, -0.15) is 0 Å². The van der Waals surface area contributed by atoms with Crippen LogP contribution in [0.15, 0.2) is 18.2 Å². The molecule has 5 heteroatoms. The summed E-state index contributed by atoms with van der Waals surface area (Å²) in [6.07, 6.45) is 6.13. The van der Waals surface area contributed by atoms with Crippen molar-refractivity contribution in [3.05, 3.63) is 29.3 Å². The lowest BCUT2D eigenvalue weighted by Crippen LogP contribution is -3.13. The molecule has 0 atom stereocenters. The van der Waals surface area contributed by atoms with Crippen molar-refractivity contribution >= 4 is 17.6 Å². The van der Waals surface area contributed by atoms with Gasteiger partial charge in [0.05, 0.1) is 13.1 Å². The molecule has 0 spiro atoms. The number of likely N-dealkylation sites (tertiary alicyclic amines) is 1. The molecule has 0 bridgehead atoms. The van der Waals surface area contributed by atoms with Crippen LogP contribution in [0.5, 0.6) is 0 Å². The largest absolute Gasteiger partial charge is 0.327 e. The molecule has 3 amide bonds. The number of hydrogen-bond acceptors (Lipinski definition) is 2. The van der Waals surface area contributed by atoms with Gasteiger partial charge in [-0.15, -0.1) is 0 Å². The van der Waals surface area contributed by atoms with Gasteiger partial charge in [-0.1, -0.05) is 12.5 Å². The quantitative estimate of drug-likeness (QED) is 0.796. The van der Waals surface area contributed by atoms with E-state index in [0.717, 1.165) is 31.5 Å². The molecule has 1 saturated heterocycles. The van der Waals surface area contributed by atoms with Crippen LogP contribution in [0.4, 0.5) is 10.5 Å². The van der Waals surface area contributed by atoms with Crippen LogP contribution in [0.3, 0.4) is 0 Å². The maximum Gasteiger partial charge on any atom is 0.326 e. The normalized spacial score (nSPS) is 16.3. The van der Waals surface area contributed by atoms with Crippen LogP contribution in [-0.2, 0) is 4.79 Å². The first-order valence-corrected chi connectivity index (χ1v) is 8.56. The first-order valence-electron chi connectivity index (χ1n) is 8.56. The fourth-order valence-corrected chi connectivity index (χ4v) is 2.96. The zero-order valence-electron chi connectivity index (χ0n) is 14.2. The molecule has 1 aromatic rings. The zero-order valence-corrected chi connectivity index (χ0v) is 14.2. The number of hydrogen-bond donors (Lipinski definition) is 3. The molecule has 2 rings (SSSR count). The molecule has 23 heavy (non-hydrogen) atoms. The number of aryl methyl sites for hydroxylation is 2. The van der Waals surface area contributed by atoms with Gasteiger partial charge in [0.25, 0.3) is 5.91 Å². The molecule has 0 saturated carbocycles. The molecule has 0 aliphatic carbocycles. The van der Waals surface area contributed by atoms with Gasteiger partial charge < -0.3 is 10.2 Å². The van der Waals surface area contributed by atoms with E-state index in [0.29, 0.717) is 12.2 Å². The Hall–Kier alpha value is -1.88. The maximum atomic E-state index is 12.0. The molecule has 0 radical (unpaired) electrons. The minimum Gasteiger partial charge on any atom is -0.327 e. The van der Waals surface area contributed by atoms with Gasteiger partial charge in [0.2, 0.25) is 0 Å². The molecule has 5 nitrogen and oxygen atoms in total. The number of quaternary nitrogens is 1.